The molecule has 0 spiro atoms. The predicted octanol–water partition coefficient (Wildman–Crippen LogP) is 3.20. The van der Waals surface area contributed by atoms with Crippen LogP contribution in [0.1, 0.15) is 31.9 Å². The normalized spacial score (nSPS) is 13.1. The van der Waals surface area contributed by atoms with E-state index in [9.17, 15) is 21.6 Å². The van der Waals surface area contributed by atoms with E-state index in [0.29, 0.717) is 17.7 Å². The molecule has 158 valence electrons. The van der Waals surface area contributed by atoms with Crippen molar-refractivity contribution in [2.45, 2.75) is 41.0 Å². The molecule has 0 heterocycles. The van der Waals surface area contributed by atoms with Crippen LogP contribution in [0.5, 0.6) is 0 Å². The van der Waals surface area contributed by atoms with Crippen LogP contribution in [-0.4, -0.2) is 35.3 Å². The van der Waals surface area contributed by atoms with Gasteiger partial charge in [-0.2, -0.15) is 0 Å². The van der Waals surface area contributed by atoms with E-state index < -0.39 is 25.9 Å². The minimum atomic E-state index is -3.87. The van der Waals surface area contributed by atoms with E-state index in [1.165, 1.54) is 43.0 Å². The van der Waals surface area contributed by atoms with Gasteiger partial charge in [-0.25, -0.2) is 21.6 Å². The fraction of sp³-hybridized carbons (Fsp3) is 0.316. The molecule has 7 nitrogen and oxygen atoms in total. The molecule has 2 aromatic carbocycles. The van der Waals surface area contributed by atoms with Gasteiger partial charge in [0.25, 0.3) is 0 Å². The fourth-order valence-electron chi connectivity index (χ4n) is 2.73. The number of rotatable bonds is 8. The summed E-state index contributed by atoms with van der Waals surface area (Å²) in [4.78, 5) is 12.4. The van der Waals surface area contributed by atoms with Crippen molar-refractivity contribution in [3.05, 3.63) is 48.0 Å². The summed E-state index contributed by atoms with van der Waals surface area (Å²) in [5.74, 6) is -0.291. The Kier molecular flexibility index (Phi) is 7.50. The highest BCUT2D eigenvalue weighted by atomic mass is 32.2. The minimum absolute atomic E-state index is 0.0326. The van der Waals surface area contributed by atoms with Crippen molar-refractivity contribution >= 4 is 43.2 Å². The molecular formula is C19H24N2O5S3. The maximum atomic E-state index is 12.9. The van der Waals surface area contributed by atoms with Crippen molar-refractivity contribution < 1.29 is 21.6 Å². The lowest BCUT2D eigenvalue weighted by molar-refractivity contribution is -0.114. The smallest absolute Gasteiger partial charge is 0.241 e. The summed E-state index contributed by atoms with van der Waals surface area (Å²) >= 11 is 1.40. The SMILES string of the molecule is CCC(NS(=O)(=O)c1ccc(SC)c(NC(C)=O)c1)c1ccc(S(C)(=O)=O)cc1. The summed E-state index contributed by atoms with van der Waals surface area (Å²) < 4.78 is 51.7. The Morgan fingerprint density at radius 3 is 2.10 bits per heavy atom. The highest BCUT2D eigenvalue weighted by molar-refractivity contribution is 7.98. The van der Waals surface area contributed by atoms with Gasteiger partial charge in [-0.3, -0.25) is 4.79 Å². The van der Waals surface area contributed by atoms with Crippen LogP contribution in [-0.2, 0) is 24.7 Å². The van der Waals surface area contributed by atoms with Crippen molar-refractivity contribution in [2.24, 2.45) is 0 Å². The lowest BCUT2D eigenvalue weighted by Crippen LogP contribution is -2.28. The largest absolute Gasteiger partial charge is 0.325 e. The van der Waals surface area contributed by atoms with E-state index in [-0.39, 0.29) is 15.7 Å². The molecule has 2 aromatic rings. The average Bonchev–Trinajstić information content (AvgIpc) is 2.65. The second-order valence-corrected chi connectivity index (χ2v) is 11.0. The molecule has 1 atom stereocenters. The molecule has 0 saturated heterocycles. The number of nitrogens with one attached hydrogen (secondary N) is 2. The first kappa shape index (κ1) is 23.4. The number of anilines is 1. The van der Waals surface area contributed by atoms with Crippen LogP contribution in [0, 0.1) is 0 Å². The van der Waals surface area contributed by atoms with Crippen molar-refractivity contribution in [2.75, 3.05) is 17.8 Å². The highest BCUT2D eigenvalue weighted by Crippen LogP contribution is 2.29. The number of sulfone groups is 1. The van der Waals surface area contributed by atoms with E-state index in [1.807, 2.05) is 13.2 Å². The third-order valence-electron chi connectivity index (χ3n) is 4.21. The molecule has 0 radical (unpaired) electrons. The molecule has 0 bridgehead atoms. The zero-order valence-electron chi connectivity index (χ0n) is 16.6. The van der Waals surface area contributed by atoms with Crippen molar-refractivity contribution in [3.63, 3.8) is 0 Å². The van der Waals surface area contributed by atoms with Gasteiger partial charge in [0.2, 0.25) is 15.9 Å². The van der Waals surface area contributed by atoms with Crippen LogP contribution in [0.3, 0.4) is 0 Å². The van der Waals surface area contributed by atoms with Gasteiger partial charge < -0.3 is 5.32 Å². The molecule has 10 heteroatoms. The van der Waals surface area contributed by atoms with Gasteiger partial charge in [-0.05, 0) is 48.6 Å². The molecule has 0 fully saturated rings. The van der Waals surface area contributed by atoms with Crippen LogP contribution < -0.4 is 10.0 Å². The van der Waals surface area contributed by atoms with Crippen molar-refractivity contribution in [1.82, 2.24) is 4.72 Å². The molecule has 1 amide bonds. The van der Waals surface area contributed by atoms with E-state index in [0.717, 1.165) is 11.2 Å². The Labute approximate surface area is 176 Å². The van der Waals surface area contributed by atoms with Gasteiger partial charge in [-0.15, -0.1) is 11.8 Å². The first-order chi connectivity index (χ1) is 13.5. The van der Waals surface area contributed by atoms with Crippen LogP contribution in [0.25, 0.3) is 0 Å². The van der Waals surface area contributed by atoms with E-state index >= 15 is 0 Å². The number of carbonyl (C=O) groups is 1. The van der Waals surface area contributed by atoms with Gasteiger partial charge in [0.05, 0.1) is 15.5 Å². The quantitative estimate of drug-likeness (QED) is 0.591. The molecule has 0 saturated carbocycles. The number of thioether (sulfide) groups is 1. The molecule has 0 aliphatic heterocycles. The number of benzene rings is 2. The van der Waals surface area contributed by atoms with E-state index in [1.54, 1.807) is 18.2 Å². The minimum Gasteiger partial charge on any atom is -0.325 e. The molecule has 0 aromatic heterocycles. The average molecular weight is 457 g/mol. The zero-order chi connectivity index (χ0) is 21.8. The van der Waals surface area contributed by atoms with Gasteiger partial charge >= 0.3 is 0 Å². The zero-order valence-corrected chi connectivity index (χ0v) is 19.0. The van der Waals surface area contributed by atoms with E-state index in [4.69, 9.17) is 0 Å². The third kappa shape index (κ3) is 6.05. The summed E-state index contributed by atoms with van der Waals surface area (Å²) in [7, 11) is -7.20. The molecule has 1 unspecified atom stereocenters. The number of carbonyl (C=O) groups excluding carboxylic acids is 1. The molecule has 0 aliphatic rings. The second-order valence-electron chi connectivity index (χ2n) is 6.47. The Morgan fingerprint density at radius 1 is 1.03 bits per heavy atom. The predicted molar refractivity (Wildman–Crippen MR) is 115 cm³/mol. The number of hydrogen-bond donors (Lipinski definition) is 2. The Morgan fingerprint density at radius 2 is 1.62 bits per heavy atom. The maximum absolute atomic E-state index is 12.9. The number of hydrogen-bond acceptors (Lipinski definition) is 6. The summed E-state index contributed by atoms with van der Waals surface area (Å²) in [6.45, 7) is 3.19. The van der Waals surface area contributed by atoms with Crippen molar-refractivity contribution in [1.29, 1.82) is 0 Å². The van der Waals surface area contributed by atoms with E-state index in [2.05, 4.69) is 10.0 Å². The van der Waals surface area contributed by atoms with Crippen LogP contribution >= 0.6 is 11.8 Å². The topological polar surface area (TPSA) is 109 Å². The second kappa shape index (κ2) is 9.29. The summed E-state index contributed by atoms with van der Waals surface area (Å²) in [5.41, 5.74) is 1.09. The highest BCUT2D eigenvalue weighted by Gasteiger charge is 2.22. The lowest BCUT2D eigenvalue weighted by atomic mass is 10.1. The monoisotopic (exact) mass is 456 g/mol. The lowest BCUT2D eigenvalue weighted by Gasteiger charge is -2.19. The van der Waals surface area contributed by atoms with Gasteiger partial charge in [0.15, 0.2) is 9.84 Å². The first-order valence-electron chi connectivity index (χ1n) is 8.76. The molecular weight excluding hydrogens is 432 g/mol. The van der Waals surface area contributed by atoms with Gasteiger partial charge in [0, 0.05) is 24.1 Å². The fourth-order valence-corrected chi connectivity index (χ4v) is 5.23. The van der Waals surface area contributed by atoms with Gasteiger partial charge in [0.1, 0.15) is 0 Å². The molecule has 2 rings (SSSR count). The van der Waals surface area contributed by atoms with Crippen LogP contribution in [0.15, 0.2) is 57.2 Å². The Hall–Kier alpha value is -1.88. The molecule has 29 heavy (non-hydrogen) atoms. The Bertz CT molecular complexity index is 1100. The summed E-state index contributed by atoms with van der Waals surface area (Å²) in [6, 6.07) is 10.2. The van der Waals surface area contributed by atoms with Crippen molar-refractivity contribution in [3.8, 4) is 0 Å². The summed E-state index contributed by atoms with van der Waals surface area (Å²) in [6.07, 6.45) is 3.42. The number of amides is 1. The summed E-state index contributed by atoms with van der Waals surface area (Å²) in [5, 5.41) is 2.65. The standard InChI is InChI=1S/C19H24N2O5S3/c1-5-17(14-6-8-15(9-7-14)28(4,23)24)21-29(25,26)16-10-11-19(27-3)18(12-16)20-13(2)22/h6-12,17,21H,5H2,1-4H3,(H,20,22). The third-order valence-corrected chi connectivity index (χ3v) is 7.60. The molecule has 2 N–H and O–H groups in total. The number of sulfonamides is 1. The van der Waals surface area contributed by atoms with Crippen LogP contribution in [0.4, 0.5) is 5.69 Å². The van der Waals surface area contributed by atoms with Crippen LogP contribution in [0.2, 0.25) is 0 Å². The maximum Gasteiger partial charge on any atom is 0.241 e. The Balaban J connectivity index is 2.34. The first-order valence-corrected chi connectivity index (χ1v) is 13.4. The van der Waals surface area contributed by atoms with Gasteiger partial charge in [-0.1, -0.05) is 19.1 Å². The molecule has 0 aliphatic carbocycles.